The van der Waals surface area contributed by atoms with Crippen molar-refractivity contribution in [3.63, 3.8) is 0 Å². The summed E-state index contributed by atoms with van der Waals surface area (Å²) < 4.78 is 11.3. The Labute approximate surface area is 148 Å². The number of fused-ring (bicyclic) bond motifs is 3. The maximum atomic E-state index is 10.6. The number of phenols is 1. The van der Waals surface area contributed by atoms with Gasteiger partial charge >= 0.3 is 0 Å². The van der Waals surface area contributed by atoms with Crippen LogP contribution in [0.3, 0.4) is 0 Å². The maximum absolute atomic E-state index is 10.6. The lowest BCUT2D eigenvalue weighted by atomic mass is 9.84. The Morgan fingerprint density at radius 3 is 2.67 bits per heavy atom. The average Bonchev–Trinajstić information content (AvgIpc) is 2.50. The molecule has 0 spiro atoms. The maximum Gasteiger partial charge on any atom is 0.177 e. The highest BCUT2D eigenvalue weighted by Crippen LogP contribution is 2.46. The van der Waals surface area contributed by atoms with Crippen LogP contribution in [-0.2, 0) is 11.2 Å². The lowest BCUT2D eigenvalue weighted by Gasteiger charge is -2.47. The van der Waals surface area contributed by atoms with Crippen molar-refractivity contribution in [2.45, 2.75) is 57.5 Å². The van der Waals surface area contributed by atoms with Crippen LogP contribution in [0, 0.1) is 0 Å². The van der Waals surface area contributed by atoms with Gasteiger partial charge < -0.3 is 19.7 Å². The molecule has 2 aliphatic heterocycles. The predicted molar refractivity (Wildman–Crippen MR) is 92.9 cm³/mol. The molecule has 0 amide bonds. The number of rotatable bonds is 2. The number of aliphatic hydroxyl groups is 1. The van der Waals surface area contributed by atoms with Gasteiger partial charge in [-0.25, -0.2) is 0 Å². The summed E-state index contributed by atoms with van der Waals surface area (Å²) in [5.41, 5.74) is 1.71. The minimum atomic E-state index is -0.532. The minimum absolute atomic E-state index is 0.00309. The molecule has 1 fully saturated rings. The fourth-order valence-electron chi connectivity index (χ4n) is 3.79. The van der Waals surface area contributed by atoms with Crippen molar-refractivity contribution in [3.05, 3.63) is 22.2 Å². The van der Waals surface area contributed by atoms with Gasteiger partial charge in [-0.15, -0.1) is 0 Å². The van der Waals surface area contributed by atoms with Crippen LogP contribution in [0.4, 0.5) is 0 Å². The van der Waals surface area contributed by atoms with E-state index in [0.717, 1.165) is 24.1 Å². The summed E-state index contributed by atoms with van der Waals surface area (Å²) in [5.74, 6) is 0.375. The highest BCUT2D eigenvalue weighted by molar-refractivity contribution is 6.33. The number of halogens is 1. The summed E-state index contributed by atoms with van der Waals surface area (Å²) >= 11 is 6.34. The zero-order chi connectivity index (χ0) is 17.6. The van der Waals surface area contributed by atoms with Gasteiger partial charge in [-0.2, -0.15) is 0 Å². The zero-order valence-electron chi connectivity index (χ0n) is 14.7. The highest BCUT2D eigenvalue weighted by Gasteiger charge is 2.41. The highest BCUT2D eigenvalue weighted by atomic mass is 35.5. The van der Waals surface area contributed by atoms with E-state index in [4.69, 9.17) is 21.1 Å². The van der Waals surface area contributed by atoms with Crippen LogP contribution >= 0.6 is 11.6 Å². The Kier molecular flexibility index (Phi) is 4.73. The Bertz CT molecular complexity index is 628. The first kappa shape index (κ1) is 17.8. The summed E-state index contributed by atoms with van der Waals surface area (Å²) in [6, 6.07) is 1.92. The van der Waals surface area contributed by atoms with E-state index in [1.165, 1.54) is 7.11 Å². The van der Waals surface area contributed by atoms with Crippen LogP contribution in [0.15, 0.2) is 6.07 Å². The largest absolute Gasteiger partial charge is 0.503 e. The molecule has 0 bridgehead atoms. The quantitative estimate of drug-likeness (QED) is 0.854. The SMILES string of the molecule is COc1cc2c(c(Cl)c1O)CCN1C[C@@H](OC(C)(C)C)[C@H](O)C[C@H]21. The monoisotopic (exact) mass is 355 g/mol. The third-order valence-corrected chi connectivity index (χ3v) is 5.23. The lowest BCUT2D eigenvalue weighted by Crippen LogP contribution is -2.53. The van der Waals surface area contributed by atoms with E-state index in [9.17, 15) is 10.2 Å². The van der Waals surface area contributed by atoms with Gasteiger partial charge in [0.2, 0.25) is 0 Å². The van der Waals surface area contributed by atoms with E-state index in [1.54, 1.807) is 0 Å². The molecule has 0 radical (unpaired) electrons. The van der Waals surface area contributed by atoms with Crippen LogP contribution in [0.2, 0.25) is 5.02 Å². The Morgan fingerprint density at radius 1 is 1.33 bits per heavy atom. The van der Waals surface area contributed by atoms with Gasteiger partial charge in [0.05, 0.1) is 29.9 Å². The van der Waals surface area contributed by atoms with Crippen molar-refractivity contribution < 1.29 is 19.7 Å². The molecule has 1 saturated heterocycles. The van der Waals surface area contributed by atoms with E-state index in [-0.39, 0.29) is 23.5 Å². The number of phenolic OH excluding ortho intramolecular Hbond substituents is 1. The number of benzene rings is 1. The van der Waals surface area contributed by atoms with Crippen molar-refractivity contribution in [1.82, 2.24) is 4.90 Å². The molecule has 0 unspecified atom stereocenters. The molecule has 1 aromatic rings. The molecular weight excluding hydrogens is 330 g/mol. The van der Waals surface area contributed by atoms with Crippen molar-refractivity contribution in [3.8, 4) is 11.5 Å². The van der Waals surface area contributed by atoms with Gasteiger partial charge in [-0.05, 0) is 50.8 Å². The van der Waals surface area contributed by atoms with Crippen LogP contribution in [0.5, 0.6) is 11.5 Å². The van der Waals surface area contributed by atoms with Crippen molar-refractivity contribution in [1.29, 1.82) is 0 Å². The number of ether oxygens (including phenoxy) is 2. The summed E-state index contributed by atoms with van der Waals surface area (Å²) in [7, 11) is 1.52. The summed E-state index contributed by atoms with van der Waals surface area (Å²) in [4.78, 5) is 2.33. The summed E-state index contributed by atoms with van der Waals surface area (Å²) in [6.07, 6.45) is 0.616. The average molecular weight is 356 g/mol. The molecule has 3 atom stereocenters. The van der Waals surface area contributed by atoms with Crippen molar-refractivity contribution in [2.24, 2.45) is 0 Å². The van der Waals surface area contributed by atoms with E-state index >= 15 is 0 Å². The van der Waals surface area contributed by atoms with Gasteiger partial charge in [-0.1, -0.05) is 11.6 Å². The van der Waals surface area contributed by atoms with E-state index in [0.29, 0.717) is 23.7 Å². The number of aliphatic hydroxyl groups excluding tert-OH is 1. The topological polar surface area (TPSA) is 62.2 Å². The summed E-state index contributed by atoms with van der Waals surface area (Å²) in [5, 5.41) is 21.1. The van der Waals surface area contributed by atoms with Gasteiger partial charge in [0.15, 0.2) is 11.5 Å². The molecule has 2 heterocycles. The molecule has 0 aromatic heterocycles. The van der Waals surface area contributed by atoms with Gasteiger partial charge in [-0.3, -0.25) is 4.90 Å². The van der Waals surface area contributed by atoms with E-state index in [2.05, 4.69) is 4.90 Å². The lowest BCUT2D eigenvalue weighted by molar-refractivity contribution is -0.149. The Hall–Kier alpha value is -1.01. The molecule has 134 valence electrons. The summed E-state index contributed by atoms with van der Waals surface area (Å²) in [6.45, 7) is 7.53. The molecule has 1 aromatic carbocycles. The van der Waals surface area contributed by atoms with Crippen LogP contribution < -0.4 is 4.74 Å². The van der Waals surface area contributed by atoms with Crippen molar-refractivity contribution in [2.75, 3.05) is 20.2 Å². The third-order valence-electron chi connectivity index (χ3n) is 4.82. The predicted octanol–water partition coefficient (Wildman–Crippen LogP) is 2.90. The second-order valence-corrected chi connectivity index (χ2v) is 8.02. The standard InChI is InChI=1S/C18H26ClNO4/c1-18(2,3)24-15-9-20-6-5-10-11(12(20)8-13(15)21)7-14(23-4)17(22)16(10)19/h7,12-13,15,21-22H,5-6,8-9H2,1-4H3/t12-,13-,15-/m1/s1. The number of nitrogens with zero attached hydrogens (tertiary/aromatic N) is 1. The first-order valence-electron chi connectivity index (χ1n) is 8.39. The van der Waals surface area contributed by atoms with Gasteiger partial charge in [0, 0.05) is 19.1 Å². The number of hydrogen-bond acceptors (Lipinski definition) is 5. The molecule has 6 heteroatoms. The smallest absolute Gasteiger partial charge is 0.177 e. The first-order chi connectivity index (χ1) is 11.2. The molecular formula is C18H26ClNO4. The van der Waals surface area contributed by atoms with E-state index < -0.39 is 6.10 Å². The van der Waals surface area contributed by atoms with Crippen LogP contribution in [0.1, 0.15) is 44.4 Å². The first-order valence-corrected chi connectivity index (χ1v) is 8.77. The number of piperidine rings is 1. The van der Waals surface area contributed by atoms with Crippen LogP contribution in [0.25, 0.3) is 0 Å². The fraction of sp³-hybridized carbons (Fsp3) is 0.667. The van der Waals surface area contributed by atoms with Crippen LogP contribution in [-0.4, -0.2) is 53.1 Å². The van der Waals surface area contributed by atoms with E-state index in [1.807, 2.05) is 26.8 Å². The molecule has 5 nitrogen and oxygen atoms in total. The molecule has 0 aliphatic carbocycles. The molecule has 2 N–H and O–H groups in total. The van der Waals surface area contributed by atoms with Crippen molar-refractivity contribution >= 4 is 11.6 Å². The Balaban J connectivity index is 1.90. The van der Waals surface area contributed by atoms with Gasteiger partial charge in [0.25, 0.3) is 0 Å². The second-order valence-electron chi connectivity index (χ2n) is 7.64. The molecule has 3 rings (SSSR count). The Morgan fingerprint density at radius 2 is 2.04 bits per heavy atom. The number of aromatic hydroxyl groups is 1. The molecule has 24 heavy (non-hydrogen) atoms. The fourth-order valence-corrected chi connectivity index (χ4v) is 4.08. The normalized spacial score (nSPS) is 27.5. The second kappa shape index (κ2) is 6.37. The number of methoxy groups -OCH3 is 1. The molecule has 0 saturated carbocycles. The van der Waals surface area contributed by atoms with Gasteiger partial charge in [0.1, 0.15) is 0 Å². The third kappa shape index (κ3) is 3.23. The zero-order valence-corrected chi connectivity index (χ0v) is 15.4. The number of hydrogen-bond donors (Lipinski definition) is 2. The molecule has 2 aliphatic rings. The minimum Gasteiger partial charge on any atom is -0.503 e.